The molecule has 6 heteroatoms. The van der Waals surface area contributed by atoms with Gasteiger partial charge in [-0.3, -0.25) is 9.78 Å². The average molecular weight is 311 g/mol. The number of carbonyl (C=O) groups is 2. The highest BCUT2D eigenvalue weighted by Crippen LogP contribution is 2.36. The van der Waals surface area contributed by atoms with Crippen molar-refractivity contribution in [2.45, 2.75) is 46.0 Å². The minimum absolute atomic E-state index is 0.220. The van der Waals surface area contributed by atoms with Crippen LogP contribution in [0.5, 0.6) is 0 Å². The van der Waals surface area contributed by atoms with Crippen LogP contribution in [-0.4, -0.2) is 16.9 Å². The standard InChI is InChI=1S/C15H19ClN2O3/c1-10-8-11(12(16)9-17-10)13(19)18-21-14(20)15(2)6-4-3-5-7-15/h8-9H,3-7H2,1-2H3,(H,18,19). The van der Waals surface area contributed by atoms with Crippen LogP contribution in [0.1, 0.15) is 55.1 Å². The lowest BCUT2D eigenvalue weighted by Gasteiger charge is -2.30. The largest absolute Gasteiger partial charge is 0.340 e. The minimum atomic E-state index is -0.543. The Bertz CT molecular complexity index is 554. The maximum Gasteiger partial charge on any atom is 0.338 e. The molecule has 1 aliphatic rings. The van der Waals surface area contributed by atoms with E-state index in [9.17, 15) is 9.59 Å². The molecule has 1 fully saturated rings. The van der Waals surface area contributed by atoms with Gasteiger partial charge < -0.3 is 4.84 Å². The van der Waals surface area contributed by atoms with Gasteiger partial charge >= 0.3 is 5.97 Å². The van der Waals surface area contributed by atoms with E-state index >= 15 is 0 Å². The van der Waals surface area contributed by atoms with Gasteiger partial charge in [-0.1, -0.05) is 30.9 Å². The third-order valence-corrected chi connectivity index (χ3v) is 4.22. The lowest BCUT2D eigenvalue weighted by Crippen LogP contribution is -2.37. The molecule has 114 valence electrons. The number of hydrogen-bond acceptors (Lipinski definition) is 4. The second-order valence-electron chi connectivity index (χ2n) is 5.75. The van der Waals surface area contributed by atoms with Crippen LogP contribution in [0.15, 0.2) is 12.3 Å². The zero-order valence-corrected chi connectivity index (χ0v) is 13.0. The van der Waals surface area contributed by atoms with E-state index in [1.54, 1.807) is 13.0 Å². The average Bonchev–Trinajstić information content (AvgIpc) is 2.47. The molecule has 1 aromatic rings. The number of carbonyl (C=O) groups excluding carboxylic acids is 2. The van der Waals surface area contributed by atoms with Crippen LogP contribution in [0, 0.1) is 12.3 Å². The summed E-state index contributed by atoms with van der Waals surface area (Å²) >= 11 is 5.92. The number of rotatable bonds is 2. The van der Waals surface area contributed by atoms with Crippen molar-refractivity contribution >= 4 is 23.5 Å². The number of nitrogens with zero attached hydrogens (tertiary/aromatic N) is 1. The molecule has 21 heavy (non-hydrogen) atoms. The highest BCUT2D eigenvalue weighted by molar-refractivity contribution is 6.33. The van der Waals surface area contributed by atoms with Crippen LogP contribution in [-0.2, 0) is 9.63 Å². The van der Waals surface area contributed by atoms with Crippen LogP contribution in [0.3, 0.4) is 0 Å². The van der Waals surface area contributed by atoms with Crippen molar-refractivity contribution in [3.63, 3.8) is 0 Å². The summed E-state index contributed by atoms with van der Waals surface area (Å²) in [5.74, 6) is -0.935. The minimum Gasteiger partial charge on any atom is -0.340 e. The Hall–Kier alpha value is -1.62. The number of aryl methyl sites for hydroxylation is 1. The highest BCUT2D eigenvalue weighted by Gasteiger charge is 2.36. The van der Waals surface area contributed by atoms with E-state index in [1.807, 2.05) is 6.92 Å². The van der Waals surface area contributed by atoms with Gasteiger partial charge in [0.25, 0.3) is 5.91 Å². The quantitative estimate of drug-likeness (QED) is 0.852. The number of hydrogen-bond donors (Lipinski definition) is 1. The van der Waals surface area contributed by atoms with E-state index in [2.05, 4.69) is 10.5 Å². The Balaban J connectivity index is 1.97. The molecule has 0 saturated heterocycles. The predicted molar refractivity (Wildman–Crippen MR) is 78.7 cm³/mol. The first-order valence-corrected chi connectivity index (χ1v) is 7.44. The number of hydroxylamine groups is 1. The third-order valence-electron chi connectivity index (χ3n) is 3.92. The summed E-state index contributed by atoms with van der Waals surface area (Å²) in [7, 11) is 0. The Morgan fingerprint density at radius 2 is 2.00 bits per heavy atom. The van der Waals surface area contributed by atoms with E-state index < -0.39 is 17.3 Å². The topological polar surface area (TPSA) is 68.3 Å². The maximum atomic E-state index is 12.1. The Labute approximate surface area is 129 Å². The number of pyridine rings is 1. The molecule has 1 N–H and O–H groups in total. The molecule has 2 rings (SSSR count). The molecule has 1 aliphatic carbocycles. The van der Waals surface area contributed by atoms with Crippen molar-refractivity contribution in [2.75, 3.05) is 0 Å². The molecule has 0 atom stereocenters. The molecular weight excluding hydrogens is 292 g/mol. The molecule has 1 saturated carbocycles. The fourth-order valence-corrected chi connectivity index (χ4v) is 2.71. The number of nitrogens with one attached hydrogen (secondary N) is 1. The molecule has 0 radical (unpaired) electrons. The van der Waals surface area contributed by atoms with Crippen molar-refractivity contribution in [3.05, 3.63) is 28.5 Å². The van der Waals surface area contributed by atoms with E-state index in [-0.39, 0.29) is 10.6 Å². The summed E-state index contributed by atoms with van der Waals surface area (Å²) in [5.41, 5.74) is 2.58. The van der Waals surface area contributed by atoms with Gasteiger partial charge in [0.2, 0.25) is 0 Å². The normalized spacial score (nSPS) is 17.1. The third kappa shape index (κ3) is 3.73. The number of aromatic nitrogens is 1. The number of halogens is 1. The Morgan fingerprint density at radius 1 is 1.33 bits per heavy atom. The molecular formula is C15H19ClN2O3. The van der Waals surface area contributed by atoms with Gasteiger partial charge in [0.05, 0.1) is 16.0 Å². The summed E-state index contributed by atoms with van der Waals surface area (Å²) in [6.45, 7) is 3.63. The fourth-order valence-electron chi connectivity index (χ4n) is 2.52. The SMILES string of the molecule is Cc1cc(C(=O)NOC(=O)C2(C)CCCCC2)c(Cl)cn1. The Morgan fingerprint density at radius 3 is 2.67 bits per heavy atom. The summed E-state index contributed by atoms with van der Waals surface area (Å²) in [5, 5.41) is 0.220. The summed E-state index contributed by atoms with van der Waals surface area (Å²) < 4.78 is 0. The van der Waals surface area contributed by atoms with Crippen LogP contribution in [0.4, 0.5) is 0 Å². The molecule has 0 aromatic carbocycles. The second kappa shape index (κ2) is 6.43. The smallest absolute Gasteiger partial charge is 0.338 e. The van der Waals surface area contributed by atoms with Crippen molar-refractivity contribution in [1.82, 2.24) is 10.5 Å². The lowest BCUT2D eigenvalue weighted by atomic mass is 9.76. The van der Waals surface area contributed by atoms with Crippen LogP contribution in [0.2, 0.25) is 5.02 Å². The fraction of sp³-hybridized carbons (Fsp3) is 0.533. The van der Waals surface area contributed by atoms with Crippen LogP contribution >= 0.6 is 11.6 Å². The van der Waals surface area contributed by atoms with Crippen molar-refractivity contribution in [1.29, 1.82) is 0 Å². The summed E-state index contributed by atoms with van der Waals surface area (Å²) in [4.78, 5) is 33.1. The zero-order valence-electron chi connectivity index (χ0n) is 12.2. The second-order valence-corrected chi connectivity index (χ2v) is 6.15. The maximum absolute atomic E-state index is 12.1. The monoisotopic (exact) mass is 310 g/mol. The summed E-state index contributed by atoms with van der Waals surface area (Å²) in [6, 6.07) is 1.55. The van der Waals surface area contributed by atoms with E-state index in [0.717, 1.165) is 32.1 Å². The molecule has 0 unspecified atom stereocenters. The van der Waals surface area contributed by atoms with Crippen LogP contribution < -0.4 is 5.48 Å². The lowest BCUT2D eigenvalue weighted by molar-refractivity contribution is -0.162. The van der Waals surface area contributed by atoms with Gasteiger partial charge in [-0.05, 0) is 32.8 Å². The van der Waals surface area contributed by atoms with Crippen molar-refractivity contribution in [2.24, 2.45) is 5.41 Å². The first-order chi connectivity index (χ1) is 9.92. The van der Waals surface area contributed by atoms with Gasteiger partial charge in [-0.25, -0.2) is 4.79 Å². The van der Waals surface area contributed by atoms with Crippen LogP contribution in [0.25, 0.3) is 0 Å². The van der Waals surface area contributed by atoms with E-state index in [4.69, 9.17) is 16.4 Å². The molecule has 1 aromatic heterocycles. The highest BCUT2D eigenvalue weighted by atomic mass is 35.5. The first-order valence-electron chi connectivity index (χ1n) is 7.06. The molecule has 0 spiro atoms. The van der Waals surface area contributed by atoms with Gasteiger partial charge in [0, 0.05) is 11.9 Å². The van der Waals surface area contributed by atoms with Crippen molar-refractivity contribution < 1.29 is 14.4 Å². The van der Waals surface area contributed by atoms with Gasteiger partial charge in [-0.2, -0.15) is 5.48 Å². The van der Waals surface area contributed by atoms with E-state index in [1.165, 1.54) is 6.20 Å². The molecule has 1 heterocycles. The molecule has 0 bridgehead atoms. The zero-order chi connectivity index (χ0) is 15.5. The summed E-state index contributed by atoms with van der Waals surface area (Å²) in [6.07, 6.45) is 6.13. The van der Waals surface area contributed by atoms with Crippen molar-refractivity contribution in [3.8, 4) is 0 Å². The predicted octanol–water partition coefficient (Wildman–Crippen LogP) is 3.20. The van der Waals surface area contributed by atoms with Gasteiger partial charge in [-0.15, -0.1) is 0 Å². The Kier molecular flexibility index (Phi) is 4.83. The molecule has 5 nitrogen and oxygen atoms in total. The van der Waals surface area contributed by atoms with Gasteiger partial charge in [0.15, 0.2) is 0 Å². The molecule has 1 amide bonds. The molecule has 0 aliphatic heterocycles. The number of amides is 1. The first kappa shape index (κ1) is 15.8. The van der Waals surface area contributed by atoms with Gasteiger partial charge in [0.1, 0.15) is 0 Å². The van der Waals surface area contributed by atoms with E-state index in [0.29, 0.717) is 5.69 Å².